The number of carbonyl (C=O) groups is 1. The Hall–Kier alpha value is -1.29. The van der Waals surface area contributed by atoms with Gasteiger partial charge in [0.05, 0.1) is 10.7 Å². The highest BCUT2D eigenvalue weighted by Gasteiger charge is 2.05. The number of rotatable bonds is 4. The van der Waals surface area contributed by atoms with E-state index in [0.29, 0.717) is 11.6 Å². The van der Waals surface area contributed by atoms with Gasteiger partial charge in [0.15, 0.2) is 0 Å². The molecule has 0 spiro atoms. The fourth-order valence-corrected chi connectivity index (χ4v) is 1.11. The van der Waals surface area contributed by atoms with Crippen molar-refractivity contribution in [2.45, 2.75) is 13.5 Å². The van der Waals surface area contributed by atoms with E-state index in [0.717, 1.165) is 5.69 Å². The van der Waals surface area contributed by atoms with E-state index in [2.05, 4.69) is 17.0 Å². The fourth-order valence-electron chi connectivity index (χ4n) is 0.964. The summed E-state index contributed by atoms with van der Waals surface area (Å²) in [5, 5.41) is 7.28. The van der Waals surface area contributed by atoms with Crippen LogP contribution in [0, 0.1) is 6.92 Å². The monoisotopic (exact) mass is 213 g/mol. The summed E-state index contributed by atoms with van der Waals surface area (Å²) in [5.74, 6) is -0.107. The van der Waals surface area contributed by atoms with Crippen LogP contribution in [0.3, 0.4) is 0 Å². The average Bonchev–Trinajstić information content (AvgIpc) is 2.42. The molecule has 0 aliphatic rings. The summed E-state index contributed by atoms with van der Waals surface area (Å²) in [6.45, 7) is 5.94. The predicted octanol–water partition coefficient (Wildman–Crippen LogP) is 1.15. The molecule has 0 aliphatic carbocycles. The molecule has 1 N–H and O–H groups in total. The van der Waals surface area contributed by atoms with Gasteiger partial charge in [0.2, 0.25) is 5.91 Å². The van der Waals surface area contributed by atoms with Crippen molar-refractivity contribution in [3.8, 4) is 0 Å². The van der Waals surface area contributed by atoms with Gasteiger partial charge in [0.25, 0.3) is 0 Å². The number of carbonyl (C=O) groups excluding carboxylic acids is 1. The van der Waals surface area contributed by atoms with E-state index in [1.54, 1.807) is 19.2 Å². The SMILES string of the molecule is C=CCNC(=O)Cn1cc(Cl)c(C)n1. The summed E-state index contributed by atoms with van der Waals surface area (Å²) in [7, 11) is 0. The summed E-state index contributed by atoms with van der Waals surface area (Å²) in [4.78, 5) is 11.2. The Labute approximate surface area is 87.6 Å². The lowest BCUT2D eigenvalue weighted by molar-refractivity contribution is -0.121. The minimum Gasteiger partial charge on any atom is -0.351 e. The van der Waals surface area contributed by atoms with E-state index in [1.165, 1.54) is 4.68 Å². The normalized spacial score (nSPS) is 9.86. The van der Waals surface area contributed by atoms with Gasteiger partial charge in [-0.3, -0.25) is 9.48 Å². The zero-order valence-electron chi connectivity index (χ0n) is 7.96. The standard InChI is InChI=1S/C9H12ClN3O/c1-3-4-11-9(14)6-13-5-8(10)7(2)12-13/h3,5H,1,4,6H2,2H3,(H,11,14). The van der Waals surface area contributed by atoms with E-state index in [4.69, 9.17) is 11.6 Å². The number of aromatic nitrogens is 2. The molecule has 0 radical (unpaired) electrons. The molecule has 0 saturated carbocycles. The van der Waals surface area contributed by atoms with Gasteiger partial charge in [-0.2, -0.15) is 5.10 Å². The van der Waals surface area contributed by atoms with Crippen molar-refractivity contribution < 1.29 is 4.79 Å². The van der Waals surface area contributed by atoms with Gasteiger partial charge in [0, 0.05) is 12.7 Å². The summed E-state index contributed by atoms with van der Waals surface area (Å²) < 4.78 is 1.51. The van der Waals surface area contributed by atoms with E-state index < -0.39 is 0 Å². The molecular weight excluding hydrogens is 202 g/mol. The number of halogens is 1. The van der Waals surface area contributed by atoms with Crippen molar-refractivity contribution >= 4 is 17.5 Å². The van der Waals surface area contributed by atoms with Gasteiger partial charge in [0.1, 0.15) is 6.54 Å². The van der Waals surface area contributed by atoms with E-state index in [9.17, 15) is 4.79 Å². The molecule has 0 unspecified atom stereocenters. The lowest BCUT2D eigenvalue weighted by Crippen LogP contribution is -2.27. The molecule has 0 bridgehead atoms. The lowest BCUT2D eigenvalue weighted by atomic mass is 10.5. The predicted molar refractivity (Wildman–Crippen MR) is 55.2 cm³/mol. The maximum Gasteiger partial charge on any atom is 0.241 e. The summed E-state index contributed by atoms with van der Waals surface area (Å²) in [6, 6.07) is 0. The highest BCUT2D eigenvalue weighted by molar-refractivity contribution is 6.31. The molecule has 4 nitrogen and oxygen atoms in total. The van der Waals surface area contributed by atoms with Crippen LogP contribution in [-0.2, 0) is 11.3 Å². The van der Waals surface area contributed by atoms with Gasteiger partial charge in [-0.15, -0.1) is 6.58 Å². The highest BCUT2D eigenvalue weighted by Crippen LogP contribution is 2.11. The third kappa shape index (κ3) is 2.88. The number of aryl methyl sites for hydroxylation is 1. The summed E-state index contributed by atoms with van der Waals surface area (Å²) in [5.41, 5.74) is 0.725. The maximum absolute atomic E-state index is 11.2. The van der Waals surface area contributed by atoms with Crippen LogP contribution in [0.4, 0.5) is 0 Å². The van der Waals surface area contributed by atoms with Crippen LogP contribution in [0.2, 0.25) is 5.02 Å². The smallest absolute Gasteiger partial charge is 0.241 e. The van der Waals surface area contributed by atoms with Crippen LogP contribution < -0.4 is 5.32 Å². The molecule has 14 heavy (non-hydrogen) atoms. The zero-order chi connectivity index (χ0) is 10.6. The lowest BCUT2D eigenvalue weighted by Gasteiger charge is -2.01. The van der Waals surface area contributed by atoms with Gasteiger partial charge in [-0.25, -0.2) is 0 Å². The second kappa shape index (κ2) is 4.81. The third-order valence-corrected chi connectivity index (χ3v) is 2.01. The van der Waals surface area contributed by atoms with E-state index in [1.807, 2.05) is 0 Å². The molecule has 1 aromatic heterocycles. The van der Waals surface area contributed by atoms with Crippen molar-refractivity contribution in [1.82, 2.24) is 15.1 Å². The summed E-state index contributed by atoms with van der Waals surface area (Å²) in [6.07, 6.45) is 3.25. The fraction of sp³-hybridized carbons (Fsp3) is 0.333. The van der Waals surface area contributed by atoms with Crippen molar-refractivity contribution in [2.75, 3.05) is 6.54 Å². The number of amides is 1. The number of hydrogen-bond acceptors (Lipinski definition) is 2. The second-order valence-electron chi connectivity index (χ2n) is 2.85. The molecule has 1 amide bonds. The Kier molecular flexibility index (Phi) is 3.71. The second-order valence-corrected chi connectivity index (χ2v) is 3.26. The molecule has 0 aromatic carbocycles. The molecule has 76 valence electrons. The Bertz CT molecular complexity index is 326. The average molecular weight is 214 g/mol. The number of nitrogens with zero attached hydrogens (tertiary/aromatic N) is 2. The molecule has 0 atom stereocenters. The molecule has 5 heteroatoms. The van der Waals surface area contributed by atoms with Gasteiger partial charge < -0.3 is 5.32 Å². The minimum atomic E-state index is -0.107. The van der Waals surface area contributed by atoms with Crippen molar-refractivity contribution in [3.63, 3.8) is 0 Å². The third-order valence-electron chi connectivity index (χ3n) is 1.64. The topological polar surface area (TPSA) is 46.9 Å². The first-order valence-corrected chi connectivity index (χ1v) is 4.58. The molecule has 1 rings (SSSR count). The Balaban J connectivity index is 2.51. The van der Waals surface area contributed by atoms with Gasteiger partial charge >= 0.3 is 0 Å². The van der Waals surface area contributed by atoms with E-state index in [-0.39, 0.29) is 12.5 Å². The Morgan fingerprint density at radius 3 is 3.07 bits per heavy atom. The maximum atomic E-state index is 11.2. The number of nitrogens with one attached hydrogen (secondary N) is 1. The quantitative estimate of drug-likeness (QED) is 0.763. The largest absolute Gasteiger partial charge is 0.351 e. The molecule has 0 fully saturated rings. The van der Waals surface area contributed by atoms with Crippen LogP contribution in [0.15, 0.2) is 18.9 Å². The zero-order valence-corrected chi connectivity index (χ0v) is 8.71. The first kappa shape index (κ1) is 10.8. The van der Waals surface area contributed by atoms with Crippen molar-refractivity contribution in [3.05, 3.63) is 29.6 Å². The molecule has 0 saturated heterocycles. The minimum absolute atomic E-state index is 0.107. The highest BCUT2D eigenvalue weighted by atomic mass is 35.5. The van der Waals surface area contributed by atoms with Crippen LogP contribution in [0.25, 0.3) is 0 Å². The Morgan fingerprint density at radius 2 is 2.57 bits per heavy atom. The van der Waals surface area contributed by atoms with Crippen molar-refractivity contribution in [1.29, 1.82) is 0 Å². The van der Waals surface area contributed by atoms with Gasteiger partial charge in [-0.1, -0.05) is 17.7 Å². The molecular formula is C9H12ClN3O. The first-order valence-electron chi connectivity index (χ1n) is 4.20. The van der Waals surface area contributed by atoms with Crippen molar-refractivity contribution in [2.24, 2.45) is 0 Å². The van der Waals surface area contributed by atoms with Crippen LogP contribution in [0.1, 0.15) is 5.69 Å². The van der Waals surface area contributed by atoms with Crippen LogP contribution in [-0.4, -0.2) is 22.2 Å². The molecule has 1 aromatic rings. The van der Waals surface area contributed by atoms with Gasteiger partial charge in [-0.05, 0) is 6.92 Å². The number of hydrogen-bond donors (Lipinski definition) is 1. The van der Waals surface area contributed by atoms with Crippen LogP contribution >= 0.6 is 11.6 Å². The van der Waals surface area contributed by atoms with Crippen LogP contribution in [0.5, 0.6) is 0 Å². The summed E-state index contributed by atoms with van der Waals surface area (Å²) >= 11 is 5.79. The van der Waals surface area contributed by atoms with E-state index >= 15 is 0 Å². The Morgan fingerprint density at radius 1 is 1.86 bits per heavy atom. The first-order chi connectivity index (χ1) is 6.63. The molecule has 1 heterocycles. The molecule has 0 aliphatic heterocycles.